The number of carbonyl (C=O) groups excluding carboxylic acids is 2. The first-order chi connectivity index (χ1) is 8.17. The number of aryl methyl sites for hydroxylation is 1. The molecule has 0 atom stereocenters. The molecule has 0 radical (unpaired) electrons. The molecule has 2 aromatic rings. The maximum Gasteiger partial charge on any atom is 0.323 e. The third kappa shape index (κ3) is 1.84. The summed E-state index contributed by atoms with van der Waals surface area (Å²) in [6, 6.07) is 5.01. The number of aromatic nitrogens is 1. The van der Waals surface area contributed by atoms with Gasteiger partial charge in [0.15, 0.2) is 0 Å². The van der Waals surface area contributed by atoms with Crippen molar-refractivity contribution in [2.45, 2.75) is 13.3 Å². The average Bonchev–Trinajstić information content (AvgIpc) is 2.68. The summed E-state index contributed by atoms with van der Waals surface area (Å²) in [6.07, 6.45) is 3.76. The molecular weight excluding hydrogens is 218 g/mol. The van der Waals surface area contributed by atoms with Crippen LogP contribution >= 0.6 is 0 Å². The lowest BCUT2D eigenvalue weighted by Crippen LogP contribution is -2.18. The van der Waals surface area contributed by atoms with E-state index >= 15 is 0 Å². The molecule has 1 aromatic heterocycles. The third-order valence-corrected chi connectivity index (χ3v) is 2.66. The molecule has 2 N–H and O–H groups in total. The molecule has 0 fully saturated rings. The Balaban J connectivity index is 2.80. The van der Waals surface area contributed by atoms with Gasteiger partial charge in [-0.3, -0.25) is 4.57 Å². The van der Waals surface area contributed by atoms with Crippen molar-refractivity contribution in [3.05, 3.63) is 30.0 Å². The van der Waals surface area contributed by atoms with Gasteiger partial charge < -0.3 is 5.73 Å². The van der Waals surface area contributed by atoms with Gasteiger partial charge in [0.1, 0.15) is 5.69 Å². The van der Waals surface area contributed by atoms with Crippen molar-refractivity contribution in [3.8, 4) is 0 Å². The highest BCUT2D eigenvalue weighted by molar-refractivity contribution is 5.98. The Labute approximate surface area is 97.6 Å². The first kappa shape index (κ1) is 11.1. The second kappa shape index (κ2) is 4.23. The van der Waals surface area contributed by atoms with Crippen LogP contribution in [0.5, 0.6) is 0 Å². The number of rotatable bonds is 2. The van der Waals surface area contributed by atoms with Crippen molar-refractivity contribution in [2.75, 3.05) is 0 Å². The van der Waals surface area contributed by atoms with E-state index in [0.717, 1.165) is 12.0 Å². The molecule has 5 nitrogen and oxygen atoms in total. The summed E-state index contributed by atoms with van der Waals surface area (Å²) in [5.74, 6) is 0. The van der Waals surface area contributed by atoms with E-state index in [1.165, 1.54) is 16.8 Å². The Bertz CT molecular complexity index is 636. The molecular formula is C12H11N3O2. The van der Waals surface area contributed by atoms with E-state index in [0.29, 0.717) is 16.6 Å². The van der Waals surface area contributed by atoms with Crippen LogP contribution in [0, 0.1) is 0 Å². The van der Waals surface area contributed by atoms with Crippen molar-refractivity contribution < 1.29 is 9.59 Å². The Morgan fingerprint density at radius 2 is 2.29 bits per heavy atom. The number of isocyanates is 1. The van der Waals surface area contributed by atoms with Crippen molar-refractivity contribution >= 4 is 28.7 Å². The van der Waals surface area contributed by atoms with Gasteiger partial charge in [0.25, 0.3) is 0 Å². The van der Waals surface area contributed by atoms with Crippen LogP contribution in [0.3, 0.4) is 0 Å². The number of fused-ring (bicyclic) bond motifs is 1. The van der Waals surface area contributed by atoms with Gasteiger partial charge in [-0.15, -0.1) is 0 Å². The van der Waals surface area contributed by atoms with Gasteiger partial charge in [0.05, 0.1) is 5.52 Å². The largest absolute Gasteiger partial charge is 0.351 e. The van der Waals surface area contributed by atoms with Crippen LogP contribution in [0.1, 0.15) is 12.5 Å². The minimum atomic E-state index is -0.601. The predicted octanol–water partition coefficient (Wildman–Crippen LogP) is 2.10. The van der Waals surface area contributed by atoms with E-state index in [4.69, 9.17) is 5.73 Å². The van der Waals surface area contributed by atoms with Gasteiger partial charge in [-0.1, -0.05) is 19.1 Å². The molecule has 0 saturated carbocycles. The number of hydrogen-bond donors (Lipinski definition) is 1. The lowest BCUT2D eigenvalue weighted by Gasteiger charge is -2.00. The van der Waals surface area contributed by atoms with Gasteiger partial charge in [-0.25, -0.2) is 9.59 Å². The molecule has 2 rings (SSSR count). The summed E-state index contributed by atoms with van der Waals surface area (Å²) in [4.78, 5) is 25.1. The molecule has 1 heterocycles. The predicted molar refractivity (Wildman–Crippen MR) is 64.1 cm³/mol. The maximum atomic E-state index is 11.3. The van der Waals surface area contributed by atoms with Crippen molar-refractivity contribution in [3.63, 3.8) is 0 Å². The summed E-state index contributed by atoms with van der Waals surface area (Å²) in [5, 5.41) is 0.712. The third-order valence-electron chi connectivity index (χ3n) is 2.66. The molecule has 1 amide bonds. The van der Waals surface area contributed by atoms with Crippen molar-refractivity contribution in [1.29, 1.82) is 0 Å². The fourth-order valence-electron chi connectivity index (χ4n) is 1.80. The van der Waals surface area contributed by atoms with Crippen LogP contribution in [-0.2, 0) is 11.2 Å². The zero-order valence-corrected chi connectivity index (χ0v) is 9.30. The van der Waals surface area contributed by atoms with Gasteiger partial charge in [0.2, 0.25) is 6.08 Å². The Morgan fingerprint density at radius 3 is 2.88 bits per heavy atom. The normalized spacial score (nSPS) is 10.2. The van der Waals surface area contributed by atoms with Crippen LogP contribution in [0.2, 0.25) is 0 Å². The highest BCUT2D eigenvalue weighted by Gasteiger charge is 2.11. The molecule has 0 aliphatic carbocycles. The lowest BCUT2D eigenvalue weighted by atomic mass is 10.1. The monoisotopic (exact) mass is 229 g/mol. The summed E-state index contributed by atoms with van der Waals surface area (Å²) in [5.41, 5.74) is 7.41. The van der Waals surface area contributed by atoms with E-state index in [1.807, 2.05) is 25.1 Å². The van der Waals surface area contributed by atoms with E-state index in [2.05, 4.69) is 4.99 Å². The summed E-state index contributed by atoms with van der Waals surface area (Å²) in [7, 11) is 0. The fraction of sp³-hybridized carbons (Fsp3) is 0.167. The van der Waals surface area contributed by atoms with Crippen molar-refractivity contribution in [2.24, 2.45) is 10.7 Å². The van der Waals surface area contributed by atoms with E-state index in [-0.39, 0.29) is 0 Å². The number of benzene rings is 1. The lowest BCUT2D eigenvalue weighted by molar-refractivity contribution is 0.251. The fourth-order valence-corrected chi connectivity index (χ4v) is 1.80. The Hall–Kier alpha value is -2.39. The summed E-state index contributed by atoms with van der Waals surface area (Å²) < 4.78 is 1.28. The Kier molecular flexibility index (Phi) is 2.77. The van der Waals surface area contributed by atoms with Gasteiger partial charge in [-0.2, -0.15) is 4.99 Å². The SMILES string of the molecule is CCc1ccc2c(N=C=O)cn(C(N)=O)c2c1. The topological polar surface area (TPSA) is 77.4 Å². The average molecular weight is 229 g/mol. The summed E-state index contributed by atoms with van der Waals surface area (Å²) in [6.45, 7) is 2.02. The first-order valence-electron chi connectivity index (χ1n) is 5.19. The molecule has 0 saturated heterocycles. The highest BCUT2D eigenvalue weighted by atomic mass is 16.2. The number of hydrogen-bond acceptors (Lipinski definition) is 3. The molecule has 0 aliphatic rings. The second-order valence-corrected chi connectivity index (χ2v) is 3.63. The number of nitrogens with zero attached hydrogens (tertiary/aromatic N) is 2. The number of amides is 1. The second-order valence-electron chi connectivity index (χ2n) is 3.63. The van der Waals surface area contributed by atoms with E-state index in [9.17, 15) is 9.59 Å². The van der Waals surface area contributed by atoms with Crippen LogP contribution in [0.15, 0.2) is 29.4 Å². The molecule has 5 heteroatoms. The number of primary amides is 1. The zero-order chi connectivity index (χ0) is 12.4. The highest BCUT2D eigenvalue weighted by Crippen LogP contribution is 2.28. The van der Waals surface area contributed by atoms with Crippen LogP contribution < -0.4 is 5.73 Å². The van der Waals surface area contributed by atoms with Crippen molar-refractivity contribution in [1.82, 2.24) is 4.57 Å². The molecule has 0 spiro atoms. The molecule has 0 unspecified atom stereocenters. The molecule has 0 bridgehead atoms. The summed E-state index contributed by atoms with van der Waals surface area (Å²) >= 11 is 0. The van der Waals surface area contributed by atoms with E-state index < -0.39 is 6.03 Å². The van der Waals surface area contributed by atoms with Crippen LogP contribution in [0.4, 0.5) is 10.5 Å². The van der Waals surface area contributed by atoms with Gasteiger partial charge in [-0.05, 0) is 18.1 Å². The number of aliphatic imine (C=N–C) groups is 1. The van der Waals surface area contributed by atoms with Crippen LogP contribution in [-0.4, -0.2) is 16.7 Å². The molecule has 17 heavy (non-hydrogen) atoms. The Morgan fingerprint density at radius 1 is 1.53 bits per heavy atom. The maximum absolute atomic E-state index is 11.3. The number of nitrogens with two attached hydrogens (primary N) is 1. The van der Waals surface area contributed by atoms with Crippen LogP contribution in [0.25, 0.3) is 10.9 Å². The first-order valence-corrected chi connectivity index (χ1v) is 5.19. The van der Waals surface area contributed by atoms with Gasteiger partial charge in [0, 0.05) is 11.6 Å². The minimum Gasteiger partial charge on any atom is -0.351 e. The quantitative estimate of drug-likeness (QED) is 0.632. The standard InChI is InChI=1S/C12H11N3O2/c1-2-8-3-4-9-10(14-7-16)6-15(12(13)17)11(9)5-8/h3-6H,2H2,1H3,(H2,13,17). The smallest absolute Gasteiger partial charge is 0.323 e. The minimum absolute atomic E-state index is 0.399. The zero-order valence-electron chi connectivity index (χ0n) is 9.30. The number of carbonyl (C=O) groups is 1. The molecule has 0 aliphatic heterocycles. The molecule has 1 aromatic carbocycles. The van der Waals surface area contributed by atoms with Gasteiger partial charge >= 0.3 is 6.03 Å². The van der Waals surface area contributed by atoms with E-state index in [1.54, 1.807) is 0 Å². The molecule has 86 valence electrons.